The van der Waals surface area contributed by atoms with Crippen LogP contribution in [0.2, 0.25) is 0 Å². The van der Waals surface area contributed by atoms with E-state index in [1.165, 1.54) is 38.5 Å². The highest BCUT2D eigenvalue weighted by atomic mass is 16.3. The maximum Gasteiger partial charge on any atom is 0.314 e. The van der Waals surface area contributed by atoms with Crippen LogP contribution in [0.15, 0.2) is 0 Å². The van der Waals surface area contributed by atoms with Crippen LogP contribution in [0, 0.1) is 35.0 Å². The van der Waals surface area contributed by atoms with Crippen molar-refractivity contribution >= 4 is 6.03 Å². The fraction of sp³-hybridized carbons (Fsp3) is 0.955. The first-order valence-corrected chi connectivity index (χ1v) is 11.1. The lowest BCUT2D eigenvalue weighted by molar-refractivity contribution is -0.165. The molecule has 0 spiro atoms. The molecule has 4 atom stereocenters. The van der Waals surface area contributed by atoms with Crippen LogP contribution in [0.25, 0.3) is 0 Å². The maximum absolute atomic E-state index is 12.2. The summed E-state index contributed by atoms with van der Waals surface area (Å²) in [6.07, 6.45) is 11.7. The van der Waals surface area contributed by atoms with Crippen LogP contribution in [0.4, 0.5) is 4.79 Å². The summed E-state index contributed by atoms with van der Waals surface area (Å²) in [5.41, 5.74) is -0.0962. The van der Waals surface area contributed by atoms with Crippen LogP contribution < -0.4 is 10.6 Å². The summed E-state index contributed by atoms with van der Waals surface area (Å²) in [4.78, 5) is 12.2. The number of amides is 2. The van der Waals surface area contributed by atoms with Gasteiger partial charge in [0.15, 0.2) is 0 Å². The van der Waals surface area contributed by atoms with Crippen LogP contribution in [-0.2, 0) is 0 Å². The summed E-state index contributed by atoms with van der Waals surface area (Å²) in [6, 6.07) is -0.000630. The first-order valence-electron chi connectivity index (χ1n) is 11.1. The van der Waals surface area contributed by atoms with Crippen molar-refractivity contribution in [3.05, 3.63) is 0 Å². The Balaban J connectivity index is 1.20. The lowest BCUT2D eigenvalue weighted by Crippen LogP contribution is -2.56. The molecule has 5 fully saturated rings. The molecular formula is C22H38N2O2. The van der Waals surface area contributed by atoms with Crippen molar-refractivity contribution in [3.63, 3.8) is 0 Å². The first-order chi connectivity index (χ1) is 12.3. The molecule has 0 aromatic heterocycles. The van der Waals surface area contributed by atoms with E-state index in [1.807, 2.05) is 0 Å². The molecule has 2 amide bonds. The summed E-state index contributed by atoms with van der Waals surface area (Å²) < 4.78 is 0. The molecule has 148 valence electrons. The summed E-state index contributed by atoms with van der Waals surface area (Å²) in [7, 11) is 0. The van der Waals surface area contributed by atoms with Crippen molar-refractivity contribution in [3.8, 4) is 0 Å². The average Bonchev–Trinajstić information content (AvgIpc) is 2.49. The van der Waals surface area contributed by atoms with E-state index < -0.39 is 0 Å². The van der Waals surface area contributed by atoms with Crippen molar-refractivity contribution in [2.45, 2.75) is 83.7 Å². The number of hydrogen-bond acceptors (Lipinski definition) is 2. The van der Waals surface area contributed by atoms with Gasteiger partial charge in [-0.15, -0.1) is 0 Å². The fourth-order valence-electron chi connectivity index (χ4n) is 7.72. The molecule has 5 aliphatic carbocycles. The van der Waals surface area contributed by atoms with Crippen molar-refractivity contribution in [2.75, 3.05) is 13.1 Å². The SMILES string of the molecule is CC1CC(C)CC(CNC(=O)NCCC23CC4CC(CC(O)(C4)C2)C3)C1. The van der Waals surface area contributed by atoms with E-state index >= 15 is 0 Å². The smallest absolute Gasteiger partial charge is 0.314 e. The number of aliphatic hydroxyl groups is 1. The average molecular weight is 363 g/mol. The second-order valence-corrected chi connectivity index (χ2v) is 10.9. The highest BCUT2D eigenvalue weighted by Gasteiger charge is 2.56. The lowest BCUT2D eigenvalue weighted by atomic mass is 9.47. The first kappa shape index (κ1) is 18.6. The van der Waals surface area contributed by atoms with Crippen LogP contribution in [0.3, 0.4) is 0 Å². The zero-order valence-electron chi connectivity index (χ0n) is 16.7. The quantitative estimate of drug-likeness (QED) is 0.690. The molecule has 4 bridgehead atoms. The van der Waals surface area contributed by atoms with Crippen LogP contribution in [0.1, 0.15) is 78.1 Å². The van der Waals surface area contributed by atoms with Crippen LogP contribution >= 0.6 is 0 Å². The Morgan fingerprint density at radius 1 is 0.962 bits per heavy atom. The summed E-state index contributed by atoms with van der Waals surface area (Å²) in [5.74, 6) is 3.67. The Morgan fingerprint density at radius 2 is 1.62 bits per heavy atom. The molecule has 26 heavy (non-hydrogen) atoms. The lowest BCUT2D eigenvalue weighted by Gasteiger charge is -2.60. The molecule has 5 aliphatic rings. The number of rotatable bonds is 5. The molecule has 4 unspecified atom stereocenters. The van der Waals surface area contributed by atoms with Crippen LogP contribution in [-0.4, -0.2) is 29.8 Å². The number of hydrogen-bond donors (Lipinski definition) is 3. The molecule has 4 heteroatoms. The van der Waals surface area contributed by atoms with E-state index in [4.69, 9.17) is 0 Å². The van der Waals surface area contributed by atoms with Gasteiger partial charge in [0, 0.05) is 13.1 Å². The van der Waals surface area contributed by atoms with E-state index in [0.29, 0.717) is 11.3 Å². The van der Waals surface area contributed by atoms with E-state index in [1.54, 1.807) is 0 Å². The van der Waals surface area contributed by atoms with E-state index in [-0.39, 0.29) is 11.6 Å². The Hall–Kier alpha value is -0.770. The van der Waals surface area contributed by atoms with Gasteiger partial charge < -0.3 is 15.7 Å². The largest absolute Gasteiger partial charge is 0.390 e. The van der Waals surface area contributed by atoms with Gasteiger partial charge in [-0.1, -0.05) is 13.8 Å². The van der Waals surface area contributed by atoms with Crippen molar-refractivity contribution in [1.82, 2.24) is 10.6 Å². The predicted octanol–water partition coefficient (Wildman–Crippen LogP) is 4.08. The standard InChI is InChI=1S/C22H38N2O2/c1-15-5-16(2)7-17(6-15)13-24-20(25)23-4-3-21-9-18-8-19(10-21)12-22(26,11-18)14-21/h15-19,26H,3-14H2,1-2H3,(H2,23,24,25). The van der Waals surface area contributed by atoms with Gasteiger partial charge in [0.1, 0.15) is 0 Å². The molecule has 0 saturated heterocycles. The zero-order chi connectivity index (χ0) is 18.4. The fourth-order valence-corrected chi connectivity index (χ4v) is 7.72. The van der Waals surface area contributed by atoms with Gasteiger partial charge in [-0.25, -0.2) is 4.79 Å². The van der Waals surface area contributed by atoms with Crippen molar-refractivity contribution < 1.29 is 9.90 Å². The van der Waals surface area contributed by atoms with E-state index in [0.717, 1.165) is 62.4 Å². The minimum atomic E-state index is -0.388. The van der Waals surface area contributed by atoms with E-state index in [9.17, 15) is 9.90 Å². The summed E-state index contributed by atoms with van der Waals surface area (Å²) in [6.45, 7) is 6.23. The number of carbonyl (C=O) groups excluding carboxylic acids is 1. The maximum atomic E-state index is 12.2. The molecule has 5 rings (SSSR count). The highest BCUT2D eigenvalue weighted by molar-refractivity contribution is 5.73. The number of carbonyl (C=O) groups is 1. The molecule has 0 heterocycles. The normalized spacial score (nSPS) is 47.0. The predicted molar refractivity (Wildman–Crippen MR) is 104 cm³/mol. The second-order valence-electron chi connectivity index (χ2n) is 10.9. The minimum absolute atomic E-state index is 0.000630. The summed E-state index contributed by atoms with van der Waals surface area (Å²) in [5, 5.41) is 17.1. The van der Waals surface area contributed by atoms with Gasteiger partial charge in [-0.3, -0.25) is 0 Å². The minimum Gasteiger partial charge on any atom is -0.390 e. The third-order valence-electron chi connectivity index (χ3n) is 7.92. The Bertz CT molecular complexity index is 510. The molecule has 0 aromatic carbocycles. The molecule has 5 saturated carbocycles. The molecule has 4 nitrogen and oxygen atoms in total. The monoisotopic (exact) mass is 362 g/mol. The van der Waals surface area contributed by atoms with Gasteiger partial charge in [0.25, 0.3) is 0 Å². The molecule has 0 aliphatic heterocycles. The third kappa shape index (κ3) is 4.05. The Labute approximate surface area is 158 Å². The highest BCUT2D eigenvalue weighted by Crippen LogP contribution is 2.62. The number of urea groups is 1. The molecule has 0 radical (unpaired) electrons. The summed E-state index contributed by atoms with van der Waals surface area (Å²) >= 11 is 0. The van der Waals surface area contributed by atoms with Crippen LogP contribution in [0.5, 0.6) is 0 Å². The van der Waals surface area contributed by atoms with Gasteiger partial charge in [-0.2, -0.15) is 0 Å². The van der Waals surface area contributed by atoms with Gasteiger partial charge in [0.2, 0.25) is 0 Å². The molecule has 3 N–H and O–H groups in total. The molecule has 0 aromatic rings. The Morgan fingerprint density at radius 3 is 2.23 bits per heavy atom. The van der Waals surface area contributed by atoms with Gasteiger partial charge in [0.05, 0.1) is 5.60 Å². The topological polar surface area (TPSA) is 61.4 Å². The molecular weight excluding hydrogens is 324 g/mol. The van der Waals surface area contributed by atoms with Gasteiger partial charge in [-0.05, 0) is 99.2 Å². The van der Waals surface area contributed by atoms with Crippen molar-refractivity contribution in [2.24, 2.45) is 35.0 Å². The van der Waals surface area contributed by atoms with E-state index in [2.05, 4.69) is 24.5 Å². The third-order valence-corrected chi connectivity index (χ3v) is 7.92. The van der Waals surface area contributed by atoms with Crippen molar-refractivity contribution in [1.29, 1.82) is 0 Å². The zero-order valence-corrected chi connectivity index (χ0v) is 16.7. The number of nitrogens with one attached hydrogen (secondary N) is 2. The Kier molecular flexibility index (Phi) is 5.00. The second kappa shape index (κ2) is 7.00. The van der Waals surface area contributed by atoms with Gasteiger partial charge >= 0.3 is 6.03 Å².